The molecule has 0 aliphatic rings. The predicted molar refractivity (Wildman–Crippen MR) is 572 cm³/mol. The first-order chi connectivity index (χ1) is 68.5. The summed E-state index contributed by atoms with van der Waals surface area (Å²) < 4.78 is 14.1. The summed E-state index contributed by atoms with van der Waals surface area (Å²) in [6.07, 6.45) is 3.87. The largest absolute Gasteiger partial charge is 0.309 e. The third-order valence-corrected chi connectivity index (χ3v) is 27.1. The van der Waals surface area contributed by atoms with Gasteiger partial charge in [-0.1, -0.05) is 370 Å². The van der Waals surface area contributed by atoms with Gasteiger partial charge in [0.25, 0.3) is 0 Å². The van der Waals surface area contributed by atoms with E-state index in [1.165, 1.54) is 120 Å². The van der Waals surface area contributed by atoms with Crippen LogP contribution in [0.4, 0.5) is 0 Å². The van der Waals surface area contributed by atoms with Crippen molar-refractivity contribution in [1.82, 2.24) is 52.3 Å². The number of pyridine rings is 1. The van der Waals surface area contributed by atoms with Gasteiger partial charge in [-0.15, -0.1) is 0 Å². The molecule has 11 heteroatoms. The van der Waals surface area contributed by atoms with Crippen LogP contribution in [0.2, 0.25) is 0 Å². The number of nitrogens with zero attached hydrogens (tertiary/aromatic N) is 11. The lowest BCUT2D eigenvalue weighted by Gasteiger charge is -2.14. The number of hydrogen-bond donors (Lipinski definition) is 0. The van der Waals surface area contributed by atoms with E-state index in [1.54, 1.807) is 0 Å². The van der Waals surface area contributed by atoms with Crippen LogP contribution in [0.5, 0.6) is 0 Å². The molecule has 11 nitrogen and oxygen atoms in total. The molecular weight excluding hydrogens is 1680 g/mol. The van der Waals surface area contributed by atoms with Gasteiger partial charge >= 0.3 is 0 Å². The van der Waals surface area contributed by atoms with Crippen molar-refractivity contribution in [2.75, 3.05) is 0 Å². The molecule has 0 aliphatic heterocycles. The Morgan fingerprint density at radius 2 is 0.442 bits per heavy atom. The second-order valence-electron chi connectivity index (χ2n) is 34.9. The normalized spacial score (nSPS) is 11.6. The minimum Gasteiger partial charge on any atom is -0.309 e. The SMILES string of the molecule is c1ccc(-c2ccc(-n3c4ccccc4c4c5c6ccccc6n(-c6cccc(-c7ccccc7)n6)c5ccc43)cc2)cc1.c1ccc(-c2ccc(-n3c4ccccc4c4c5c6ccccc6n(-c6nc(-c7ccccc7)ncc6-c6ccccc6)c5ccc43)cc2)cc1.c1ccc(-c2cnc(-c3ccccc3)c(-n3c4ccccc4c4c5c6ccccc6n(-c6ccccc6)c5ccc43)n2)cc1. The van der Waals surface area contributed by atoms with Crippen molar-refractivity contribution >= 4 is 131 Å². The molecule has 0 saturated carbocycles. The maximum atomic E-state index is 5.35. The summed E-state index contributed by atoms with van der Waals surface area (Å²) >= 11 is 0. The molecule has 28 aromatic rings. The second-order valence-corrected chi connectivity index (χ2v) is 34.9. The average molecular weight is 1760 g/mol. The van der Waals surface area contributed by atoms with Gasteiger partial charge in [0.1, 0.15) is 17.3 Å². The van der Waals surface area contributed by atoms with Gasteiger partial charge < -0.3 is 13.7 Å². The van der Waals surface area contributed by atoms with Crippen LogP contribution in [0.3, 0.4) is 0 Å². The predicted octanol–water partition coefficient (Wildman–Crippen LogP) is 32.3. The van der Waals surface area contributed by atoms with Gasteiger partial charge in [-0.05, 0) is 149 Å². The van der Waals surface area contributed by atoms with E-state index in [0.717, 1.165) is 118 Å². The van der Waals surface area contributed by atoms with Crippen molar-refractivity contribution in [2.24, 2.45) is 0 Å². The summed E-state index contributed by atoms with van der Waals surface area (Å²) in [4.78, 5) is 25.8. The quantitative estimate of drug-likeness (QED) is 0.115. The molecule has 0 saturated heterocycles. The van der Waals surface area contributed by atoms with E-state index in [-0.39, 0.29) is 0 Å². The molecule has 0 atom stereocenters. The van der Waals surface area contributed by atoms with Crippen molar-refractivity contribution in [3.8, 4) is 113 Å². The molecule has 646 valence electrons. The fraction of sp³-hybridized carbons (Fsp3) is 0. The van der Waals surface area contributed by atoms with E-state index in [2.05, 4.69) is 464 Å². The number of rotatable bonds is 13. The molecule has 0 N–H and O–H groups in total. The molecule has 0 unspecified atom stereocenters. The Bertz CT molecular complexity index is 9520. The first-order valence-electron chi connectivity index (χ1n) is 46.8. The molecule has 9 aromatic heterocycles. The van der Waals surface area contributed by atoms with E-state index in [4.69, 9.17) is 24.9 Å². The van der Waals surface area contributed by atoms with Gasteiger partial charge in [0.15, 0.2) is 11.6 Å². The van der Waals surface area contributed by atoms with Gasteiger partial charge in [-0.2, -0.15) is 0 Å². The summed E-state index contributed by atoms with van der Waals surface area (Å²) in [5, 5.41) is 14.7. The van der Waals surface area contributed by atoms with Crippen LogP contribution in [0.15, 0.2) is 504 Å². The van der Waals surface area contributed by atoms with Gasteiger partial charge in [0.05, 0.1) is 83.8 Å². The van der Waals surface area contributed by atoms with Gasteiger partial charge in [-0.25, -0.2) is 19.9 Å². The van der Waals surface area contributed by atoms with Crippen LogP contribution in [-0.2, 0) is 0 Å². The Hall–Kier alpha value is -18.7. The average Bonchev–Trinajstić information content (AvgIpc) is 1.55. The first kappa shape index (κ1) is 80.2. The van der Waals surface area contributed by atoms with E-state index in [0.29, 0.717) is 5.82 Å². The monoisotopic (exact) mass is 1760 g/mol. The zero-order valence-corrected chi connectivity index (χ0v) is 74.8. The molecule has 0 amide bonds. The third kappa shape index (κ3) is 13.5. The minimum absolute atomic E-state index is 0.697. The summed E-state index contributed by atoms with van der Waals surface area (Å²) in [6, 6.07) is 174. The van der Waals surface area contributed by atoms with E-state index >= 15 is 0 Å². The standard InChI is InChI=1S/C46H30N4.C41H27N3.C40H26N4/c1-4-14-31(15-5-1)32-24-26-35(27-25-32)49-39-22-12-10-20-36(39)43-41(49)28-29-42-44(43)37-21-11-13-23-40(37)50(42)46-38(33-16-6-2-7-17-33)30-47-45(48-46)34-18-8-3-9-19-34;1-3-12-28(13-4-1)29-22-24-31(25-23-29)43-35-19-9-7-16-32(35)40-37(43)26-27-38-41(40)33-17-8-10-20-36(33)44(38)39-21-11-18-34(42-39)30-14-5-2-6-15-30;1-4-14-27(15-5-1)32-26-41-39(28-16-6-2-7-17-28)40(42-32)44-34-23-13-11-21-31(34)38-36(44)25-24-35-37(38)30-20-10-12-22-33(30)43(35)29-18-8-3-9-19-29/h1-30H;1-27H;1-26H. The lowest BCUT2D eigenvalue weighted by molar-refractivity contribution is 1.05. The highest BCUT2D eigenvalue weighted by Gasteiger charge is 2.28. The van der Waals surface area contributed by atoms with Crippen molar-refractivity contribution < 1.29 is 0 Å². The lowest BCUT2D eigenvalue weighted by atomic mass is 10.1. The van der Waals surface area contributed by atoms with Crippen molar-refractivity contribution in [3.05, 3.63) is 504 Å². The lowest BCUT2D eigenvalue weighted by Crippen LogP contribution is -2.04. The highest BCUT2D eigenvalue weighted by molar-refractivity contribution is 6.32. The summed E-state index contributed by atoms with van der Waals surface area (Å²) in [6.45, 7) is 0. The number of benzene rings is 19. The molecule has 0 fully saturated rings. The maximum absolute atomic E-state index is 5.35. The molecule has 19 aromatic carbocycles. The van der Waals surface area contributed by atoms with Crippen molar-refractivity contribution in [2.45, 2.75) is 0 Å². The number of para-hydroxylation sites is 7. The molecule has 0 radical (unpaired) electrons. The van der Waals surface area contributed by atoms with Gasteiger partial charge in [-0.3, -0.25) is 18.7 Å². The highest BCUT2D eigenvalue weighted by atomic mass is 15.1. The van der Waals surface area contributed by atoms with E-state index in [1.807, 2.05) is 67.0 Å². The number of aromatic nitrogens is 11. The van der Waals surface area contributed by atoms with Crippen molar-refractivity contribution in [3.63, 3.8) is 0 Å². The Balaban J connectivity index is 0.000000107. The van der Waals surface area contributed by atoms with Crippen LogP contribution < -0.4 is 0 Å². The smallest absolute Gasteiger partial charge is 0.165 e. The summed E-state index contributed by atoms with van der Waals surface area (Å²) in [5.41, 5.74) is 31.0. The fourth-order valence-corrected chi connectivity index (χ4v) is 21.0. The van der Waals surface area contributed by atoms with Crippen LogP contribution in [0, 0.1) is 0 Å². The molecule has 0 aliphatic carbocycles. The molecule has 28 rings (SSSR count). The zero-order valence-electron chi connectivity index (χ0n) is 74.8. The van der Waals surface area contributed by atoms with E-state index in [9.17, 15) is 0 Å². The van der Waals surface area contributed by atoms with Crippen LogP contribution >= 0.6 is 0 Å². The maximum Gasteiger partial charge on any atom is 0.165 e. The van der Waals surface area contributed by atoms with Gasteiger partial charge in [0.2, 0.25) is 0 Å². The Morgan fingerprint density at radius 1 is 0.152 bits per heavy atom. The molecule has 138 heavy (non-hydrogen) atoms. The van der Waals surface area contributed by atoms with Crippen LogP contribution in [0.1, 0.15) is 0 Å². The minimum atomic E-state index is 0.697. The topological polar surface area (TPSA) is 94.0 Å². The van der Waals surface area contributed by atoms with E-state index < -0.39 is 0 Å². The molecule has 0 bridgehead atoms. The highest BCUT2D eigenvalue weighted by Crippen LogP contribution is 2.49. The Morgan fingerprint density at radius 3 is 0.841 bits per heavy atom. The molecule has 0 spiro atoms. The fourth-order valence-electron chi connectivity index (χ4n) is 21.0. The first-order valence-corrected chi connectivity index (χ1v) is 46.8. The van der Waals surface area contributed by atoms with Crippen LogP contribution in [-0.4, -0.2) is 52.3 Å². The Kier molecular flexibility index (Phi) is 19.7. The summed E-state index contributed by atoms with van der Waals surface area (Å²) in [5.74, 6) is 3.28. The number of hydrogen-bond acceptors (Lipinski definition) is 5. The Labute approximate surface area is 794 Å². The number of fused-ring (bicyclic) bond motifs is 21. The molecular formula is C127H83N11. The summed E-state index contributed by atoms with van der Waals surface area (Å²) in [7, 11) is 0. The zero-order chi connectivity index (χ0) is 91.1. The van der Waals surface area contributed by atoms with Gasteiger partial charge in [0, 0.05) is 116 Å². The molecule has 9 heterocycles. The third-order valence-electron chi connectivity index (χ3n) is 27.1. The second kappa shape index (κ2) is 33.8. The van der Waals surface area contributed by atoms with Crippen molar-refractivity contribution in [1.29, 1.82) is 0 Å². The van der Waals surface area contributed by atoms with Crippen LogP contribution in [0.25, 0.3) is 244 Å².